The number of aryl methyl sites for hydroxylation is 1. The summed E-state index contributed by atoms with van der Waals surface area (Å²) in [5, 5.41) is 18.7. The third kappa shape index (κ3) is 3.36. The third-order valence-corrected chi connectivity index (χ3v) is 5.88. The SMILES string of the molecule is CCc1cc2c(=O)n(CC(=O)N=Nc3c(O)[nH]c4ccc(Br)cc34)cnc2s1. The number of H-pyrrole nitrogens is 1. The number of nitrogens with one attached hydrogen (secondary N) is 1. The van der Waals surface area contributed by atoms with Crippen molar-refractivity contribution in [3.63, 3.8) is 0 Å². The number of benzene rings is 1. The summed E-state index contributed by atoms with van der Waals surface area (Å²) in [5.41, 5.74) is 0.538. The third-order valence-electron chi connectivity index (χ3n) is 4.20. The van der Waals surface area contributed by atoms with Gasteiger partial charge in [-0.3, -0.25) is 14.2 Å². The molecule has 28 heavy (non-hydrogen) atoms. The van der Waals surface area contributed by atoms with Crippen LogP contribution in [0.3, 0.4) is 0 Å². The molecule has 0 aliphatic rings. The molecule has 2 N–H and O–H groups in total. The predicted molar refractivity (Wildman–Crippen MR) is 110 cm³/mol. The number of nitrogens with zero attached hydrogens (tertiary/aromatic N) is 4. The molecule has 1 amide bonds. The number of rotatable bonds is 4. The van der Waals surface area contributed by atoms with E-state index in [1.807, 2.05) is 13.0 Å². The van der Waals surface area contributed by atoms with E-state index in [0.29, 0.717) is 21.1 Å². The Labute approximate surface area is 170 Å². The minimum Gasteiger partial charge on any atom is -0.493 e. The van der Waals surface area contributed by atoms with Crippen molar-refractivity contribution in [1.29, 1.82) is 0 Å². The normalized spacial score (nSPS) is 11.8. The van der Waals surface area contributed by atoms with Crippen LogP contribution >= 0.6 is 27.3 Å². The molecule has 142 valence electrons. The summed E-state index contributed by atoms with van der Waals surface area (Å²) in [6.07, 6.45) is 2.16. The van der Waals surface area contributed by atoms with Gasteiger partial charge in [-0.2, -0.15) is 0 Å². The molecule has 4 rings (SSSR count). The highest BCUT2D eigenvalue weighted by Gasteiger charge is 2.13. The average Bonchev–Trinajstić information content (AvgIpc) is 3.23. The second-order valence-electron chi connectivity index (χ2n) is 6.07. The number of azo groups is 1. The molecule has 0 fully saturated rings. The molecule has 3 aromatic heterocycles. The summed E-state index contributed by atoms with van der Waals surface area (Å²) in [6, 6.07) is 7.15. The van der Waals surface area contributed by atoms with Gasteiger partial charge in [-0.05, 0) is 30.7 Å². The summed E-state index contributed by atoms with van der Waals surface area (Å²) >= 11 is 4.82. The smallest absolute Gasteiger partial charge is 0.284 e. The van der Waals surface area contributed by atoms with E-state index < -0.39 is 5.91 Å². The highest BCUT2D eigenvalue weighted by Crippen LogP contribution is 2.36. The molecule has 0 spiro atoms. The standard InChI is InChI=1S/C18H14BrN5O3S/c1-2-10-6-12-17(28-10)20-8-24(18(12)27)7-14(25)22-23-15-11-5-9(19)3-4-13(11)21-16(15)26/h3-6,8,21,26H,2,7H2,1H3. The molecule has 3 heterocycles. The van der Waals surface area contributed by atoms with Crippen molar-refractivity contribution in [2.45, 2.75) is 19.9 Å². The van der Waals surface area contributed by atoms with E-state index >= 15 is 0 Å². The zero-order valence-corrected chi connectivity index (χ0v) is 17.0. The largest absolute Gasteiger partial charge is 0.493 e. The lowest BCUT2D eigenvalue weighted by molar-refractivity contribution is -0.118. The Morgan fingerprint density at radius 1 is 1.36 bits per heavy atom. The number of hydrogen-bond donors (Lipinski definition) is 2. The molecule has 0 saturated carbocycles. The number of carbonyl (C=O) groups is 1. The van der Waals surface area contributed by atoms with Crippen LogP contribution in [0.25, 0.3) is 21.1 Å². The van der Waals surface area contributed by atoms with Crippen LogP contribution in [0.5, 0.6) is 5.88 Å². The summed E-state index contributed by atoms with van der Waals surface area (Å²) in [7, 11) is 0. The van der Waals surface area contributed by atoms with Crippen molar-refractivity contribution in [2.24, 2.45) is 10.2 Å². The van der Waals surface area contributed by atoms with Gasteiger partial charge in [0.1, 0.15) is 11.4 Å². The quantitative estimate of drug-likeness (QED) is 0.443. The number of carbonyl (C=O) groups excluding carboxylic acids is 1. The fourth-order valence-electron chi connectivity index (χ4n) is 2.82. The lowest BCUT2D eigenvalue weighted by atomic mass is 10.2. The second-order valence-corrected chi connectivity index (χ2v) is 8.10. The van der Waals surface area contributed by atoms with Gasteiger partial charge in [0, 0.05) is 14.7 Å². The first-order chi connectivity index (χ1) is 13.5. The molecule has 0 radical (unpaired) electrons. The van der Waals surface area contributed by atoms with Gasteiger partial charge in [0.2, 0.25) is 5.88 Å². The molecule has 4 aromatic rings. The molecule has 0 aliphatic carbocycles. The van der Waals surface area contributed by atoms with E-state index in [4.69, 9.17) is 0 Å². The van der Waals surface area contributed by atoms with Crippen LogP contribution in [0.2, 0.25) is 0 Å². The number of aromatic nitrogens is 3. The zero-order chi connectivity index (χ0) is 19.8. The van der Waals surface area contributed by atoms with Crippen molar-refractivity contribution in [3.05, 3.63) is 50.3 Å². The maximum absolute atomic E-state index is 12.5. The molecular weight excluding hydrogens is 446 g/mol. The first-order valence-electron chi connectivity index (χ1n) is 8.39. The van der Waals surface area contributed by atoms with Crippen LogP contribution in [0.15, 0.2) is 50.1 Å². The van der Waals surface area contributed by atoms with Gasteiger partial charge >= 0.3 is 0 Å². The Kier molecular flexibility index (Phi) is 4.82. The molecule has 0 saturated heterocycles. The predicted octanol–water partition coefficient (Wildman–Crippen LogP) is 4.28. The number of halogens is 1. The van der Waals surface area contributed by atoms with Gasteiger partial charge < -0.3 is 10.1 Å². The van der Waals surface area contributed by atoms with Crippen LogP contribution < -0.4 is 5.56 Å². The topological polar surface area (TPSA) is 113 Å². The number of aromatic amines is 1. The molecule has 0 bridgehead atoms. The lowest BCUT2D eigenvalue weighted by Crippen LogP contribution is -2.23. The highest BCUT2D eigenvalue weighted by molar-refractivity contribution is 9.10. The highest BCUT2D eigenvalue weighted by atomic mass is 79.9. The Morgan fingerprint density at radius 3 is 2.96 bits per heavy atom. The first-order valence-corrected chi connectivity index (χ1v) is 10.00. The average molecular weight is 460 g/mol. The van der Waals surface area contributed by atoms with Crippen LogP contribution in [0.4, 0.5) is 5.69 Å². The first kappa shape index (κ1) is 18.5. The number of thiophene rings is 1. The lowest BCUT2D eigenvalue weighted by Gasteiger charge is -2.00. The van der Waals surface area contributed by atoms with Crippen LogP contribution in [-0.2, 0) is 17.8 Å². The van der Waals surface area contributed by atoms with Gasteiger partial charge in [-0.1, -0.05) is 22.9 Å². The van der Waals surface area contributed by atoms with Gasteiger partial charge in [0.15, 0.2) is 5.69 Å². The molecule has 0 aliphatic heterocycles. The summed E-state index contributed by atoms with van der Waals surface area (Å²) < 4.78 is 2.01. The van der Waals surface area contributed by atoms with Gasteiger partial charge in [-0.15, -0.1) is 21.6 Å². The van der Waals surface area contributed by atoms with Gasteiger partial charge in [-0.25, -0.2) is 4.98 Å². The minimum absolute atomic E-state index is 0.163. The summed E-state index contributed by atoms with van der Waals surface area (Å²) in [4.78, 5) is 33.5. The Balaban J connectivity index is 1.61. The van der Waals surface area contributed by atoms with E-state index in [1.54, 1.807) is 18.2 Å². The van der Waals surface area contributed by atoms with Crippen molar-refractivity contribution in [3.8, 4) is 5.88 Å². The van der Waals surface area contributed by atoms with E-state index in [0.717, 1.165) is 15.8 Å². The maximum Gasteiger partial charge on any atom is 0.284 e. The zero-order valence-electron chi connectivity index (χ0n) is 14.6. The molecule has 8 nitrogen and oxygen atoms in total. The van der Waals surface area contributed by atoms with Crippen molar-refractivity contribution in [2.75, 3.05) is 0 Å². The van der Waals surface area contributed by atoms with E-state index in [2.05, 4.69) is 36.1 Å². The Bertz CT molecular complexity index is 1300. The van der Waals surface area contributed by atoms with Gasteiger partial charge in [0.25, 0.3) is 11.5 Å². The molecular formula is C18H14BrN5O3S. The monoisotopic (exact) mass is 459 g/mol. The summed E-state index contributed by atoms with van der Waals surface area (Å²) in [5.74, 6) is -0.812. The van der Waals surface area contributed by atoms with E-state index in [-0.39, 0.29) is 23.7 Å². The van der Waals surface area contributed by atoms with E-state index in [9.17, 15) is 14.7 Å². The number of hydrogen-bond acceptors (Lipinski definition) is 6. The fourth-order valence-corrected chi connectivity index (χ4v) is 4.10. The number of aromatic hydroxyl groups is 1. The molecule has 0 unspecified atom stereocenters. The van der Waals surface area contributed by atoms with Crippen molar-refractivity contribution < 1.29 is 9.90 Å². The Hall–Kier alpha value is -2.85. The van der Waals surface area contributed by atoms with Crippen LogP contribution in [-0.4, -0.2) is 25.5 Å². The molecule has 10 heteroatoms. The molecule has 1 aromatic carbocycles. The van der Waals surface area contributed by atoms with Crippen LogP contribution in [0.1, 0.15) is 11.8 Å². The van der Waals surface area contributed by atoms with Crippen molar-refractivity contribution >= 4 is 60.0 Å². The summed E-state index contributed by atoms with van der Waals surface area (Å²) in [6.45, 7) is 1.72. The minimum atomic E-state index is -0.627. The fraction of sp³-hybridized carbons (Fsp3) is 0.167. The van der Waals surface area contributed by atoms with E-state index in [1.165, 1.54) is 22.2 Å². The molecule has 0 atom stereocenters. The van der Waals surface area contributed by atoms with Crippen molar-refractivity contribution in [1.82, 2.24) is 14.5 Å². The van der Waals surface area contributed by atoms with Gasteiger partial charge in [0.05, 0.1) is 17.2 Å². The van der Waals surface area contributed by atoms with Crippen LogP contribution in [0, 0.1) is 0 Å². The number of amides is 1. The Morgan fingerprint density at radius 2 is 2.18 bits per heavy atom. The maximum atomic E-state index is 12.5. The number of fused-ring (bicyclic) bond motifs is 2. The second kappa shape index (κ2) is 7.28.